The van der Waals surface area contributed by atoms with Crippen LogP contribution in [0.25, 0.3) is 22.3 Å². The molecule has 3 aromatic rings. The van der Waals surface area contributed by atoms with E-state index in [1.807, 2.05) is 12.1 Å². The highest BCUT2D eigenvalue weighted by atomic mass is 35.5. The van der Waals surface area contributed by atoms with Gasteiger partial charge >= 0.3 is 0 Å². The van der Waals surface area contributed by atoms with Crippen LogP contribution in [0.2, 0.25) is 30.1 Å². The van der Waals surface area contributed by atoms with E-state index in [9.17, 15) is 0 Å². The maximum Gasteiger partial charge on any atom is 0.0677 e. The Morgan fingerprint density at radius 2 is 0.917 bits per heavy atom. The summed E-state index contributed by atoms with van der Waals surface area (Å²) < 4.78 is 0. The lowest BCUT2D eigenvalue weighted by atomic mass is 10.00. The summed E-state index contributed by atoms with van der Waals surface area (Å²) in [5, 5.41) is 2.90. The fourth-order valence-electron chi connectivity index (χ4n) is 2.38. The van der Waals surface area contributed by atoms with Gasteiger partial charge in [-0.15, -0.1) is 0 Å². The fraction of sp³-hybridized carbons (Fsp3) is 0. The summed E-state index contributed by atoms with van der Waals surface area (Å²) in [5.74, 6) is 0. The van der Waals surface area contributed by atoms with Crippen LogP contribution in [0, 0.1) is 0 Å². The van der Waals surface area contributed by atoms with Crippen LogP contribution in [0.3, 0.4) is 0 Å². The van der Waals surface area contributed by atoms with Crippen LogP contribution in [0.4, 0.5) is 0 Å². The summed E-state index contributed by atoms with van der Waals surface area (Å²) in [7, 11) is 0. The molecule has 0 heterocycles. The highest BCUT2D eigenvalue weighted by Crippen LogP contribution is 2.44. The molecule has 0 atom stereocenters. The Hall–Kier alpha value is -0.600. The molecule has 0 bridgehead atoms. The van der Waals surface area contributed by atoms with Gasteiger partial charge in [0, 0.05) is 42.3 Å². The van der Waals surface area contributed by atoms with Gasteiger partial charge in [-0.25, -0.2) is 0 Å². The van der Waals surface area contributed by atoms with Crippen molar-refractivity contribution in [2.24, 2.45) is 0 Å². The van der Waals surface area contributed by atoms with Gasteiger partial charge in [-0.1, -0.05) is 87.8 Å². The third-order valence-electron chi connectivity index (χ3n) is 3.52. The van der Waals surface area contributed by atoms with E-state index < -0.39 is 0 Å². The molecule has 0 fully saturated rings. The molecule has 0 N–H and O–H groups in total. The van der Waals surface area contributed by atoms with Crippen molar-refractivity contribution in [3.63, 3.8) is 0 Å². The number of hydrogen-bond donors (Lipinski definition) is 0. The van der Waals surface area contributed by atoms with Crippen molar-refractivity contribution >= 4 is 69.6 Å². The topological polar surface area (TPSA) is 0 Å². The zero-order valence-electron chi connectivity index (χ0n) is 11.9. The molecule has 122 valence electrons. The van der Waals surface area contributed by atoms with Crippen molar-refractivity contribution in [2.45, 2.75) is 0 Å². The van der Waals surface area contributed by atoms with E-state index in [0.717, 1.165) is 5.56 Å². The maximum atomic E-state index is 6.49. The number of rotatable bonds is 2. The van der Waals surface area contributed by atoms with Crippen LogP contribution in [0.15, 0.2) is 48.5 Å². The second-order valence-corrected chi connectivity index (χ2v) is 7.48. The van der Waals surface area contributed by atoms with Gasteiger partial charge in [0.05, 0.1) is 10.0 Å². The average Bonchev–Trinajstić information content (AvgIpc) is 2.53. The predicted octanol–water partition coefficient (Wildman–Crippen LogP) is 8.94. The Bertz CT molecular complexity index is 933. The largest absolute Gasteiger partial charge is 0.0843 e. The molecule has 0 aliphatic heterocycles. The lowest BCUT2D eigenvalue weighted by Gasteiger charge is -2.13. The number of halogens is 6. The third-order valence-corrected chi connectivity index (χ3v) is 5.52. The average molecular weight is 437 g/mol. The third kappa shape index (κ3) is 3.51. The summed E-state index contributed by atoms with van der Waals surface area (Å²) in [6, 6.07) is 14.1. The molecule has 0 aliphatic rings. The van der Waals surface area contributed by atoms with E-state index in [1.165, 1.54) is 0 Å². The van der Waals surface area contributed by atoms with E-state index >= 15 is 0 Å². The molecule has 0 nitrogen and oxygen atoms in total. The molecule has 0 radical (unpaired) electrons. The number of hydrogen-bond acceptors (Lipinski definition) is 0. The first-order valence-corrected chi connectivity index (χ1v) is 9.04. The maximum absolute atomic E-state index is 6.49. The highest BCUT2D eigenvalue weighted by molar-refractivity contribution is 6.46. The lowest BCUT2D eigenvalue weighted by molar-refractivity contribution is 1.58. The molecule has 3 aromatic carbocycles. The highest BCUT2D eigenvalue weighted by Gasteiger charge is 2.16. The molecule has 0 unspecified atom stereocenters. The van der Waals surface area contributed by atoms with Crippen molar-refractivity contribution in [1.29, 1.82) is 0 Å². The van der Waals surface area contributed by atoms with Gasteiger partial charge in [-0.3, -0.25) is 0 Å². The molecule has 0 amide bonds. The van der Waals surface area contributed by atoms with Crippen LogP contribution in [-0.2, 0) is 0 Å². The molecule has 0 spiro atoms. The molecular weight excluding hydrogens is 429 g/mol. The van der Waals surface area contributed by atoms with Gasteiger partial charge in [0.25, 0.3) is 0 Å². The zero-order valence-corrected chi connectivity index (χ0v) is 16.4. The number of benzene rings is 3. The molecule has 0 aromatic heterocycles. The van der Waals surface area contributed by atoms with Gasteiger partial charge in [-0.05, 0) is 30.3 Å². The van der Waals surface area contributed by atoms with E-state index in [0.29, 0.717) is 46.8 Å². The van der Waals surface area contributed by atoms with Crippen LogP contribution >= 0.6 is 69.6 Å². The standard InChI is InChI=1S/C18H8Cl6/c19-9-2-6-15(21)14(7-9)13-5-4-12(17(23)18(13)24)11-3-1-10(20)8-16(11)22/h1-8H. The van der Waals surface area contributed by atoms with Gasteiger partial charge in [0.2, 0.25) is 0 Å². The first kappa shape index (κ1) is 18.2. The first-order chi connectivity index (χ1) is 11.4. The molecule has 3 rings (SSSR count). The van der Waals surface area contributed by atoms with Gasteiger partial charge in [0.1, 0.15) is 0 Å². The Balaban J connectivity index is 2.18. The Morgan fingerprint density at radius 3 is 1.54 bits per heavy atom. The van der Waals surface area contributed by atoms with Crippen LogP contribution in [0.5, 0.6) is 0 Å². The van der Waals surface area contributed by atoms with Gasteiger partial charge in [-0.2, -0.15) is 0 Å². The smallest absolute Gasteiger partial charge is 0.0677 e. The Kier molecular flexibility index (Phi) is 5.56. The van der Waals surface area contributed by atoms with E-state index in [4.69, 9.17) is 69.6 Å². The summed E-state index contributed by atoms with van der Waals surface area (Å²) >= 11 is 37.5. The summed E-state index contributed by atoms with van der Waals surface area (Å²) in [6.07, 6.45) is 0. The molecule has 0 saturated carbocycles. The molecule has 0 aliphatic carbocycles. The second kappa shape index (κ2) is 7.33. The fourth-order valence-corrected chi connectivity index (χ4v) is 3.81. The normalized spacial score (nSPS) is 10.9. The summed E-state index contributed by atoms with van der Waals surface area (Å²) in [6.45, 7) is 0. The van der Waals surface area contributed by atoms with Crippen LogP contribution in [0.1, 0.15) is 0 Å². The minimum Gasteiger partial charge on any atom is -0.0843 e. The monoisotopic (exact) mass is 434 g/mol. The quantitative estimate of drug-likeness (QED) is 0.376. The minimum atomic E-state index is 0.379. The predicted molar refractivity (Wildman–Crippen MR) is 107 cm³/mol. The molecular formula is C18H8Cl6. The van der Waals surface area contributed by atoms with Crippen molar-refractivity contribution in [3.8, 4) is 22.3 Å². The van der Waals surface area contributed by atoms with E-state index in [1.54, 1.807) is 36.4 Å². The zero-order chi connectivity index (χ0) is 17.4. The van der Waals surface area contributed by atoms with E-state index in [-0.39, 0.29) is 0 Å². The molecule has 6 heteroatoms. The Labute approximate surface area is 169 Å². The van der Waals surface area contributed by atoms with Crippen molar-refractivity contribution < 1.29 is 0 Å². The molecule has 24 heavy (non-hydrogen) atoms. The summed E-state index contributed by atoms with van der Waals surface area (Å²) in [5.41, 5.74) is 2.87. The van der Waals surface area contributed by atoms with Crippen molar-refractivity contribution in [2.75, 3.05) is 0 Å². The van der Waals surface area contributed by atoms with Gasteiger partial charge < -0.3 is 0 Å². The van der Waals surface area contributed by atoms with Crippen LogP contribution in [-0.4, -0.2) is 0 Å². The summed E-state index contributed by atoms with van der Waals surface area (Å²) in [4.78, 5) is 0. The van der Waals surface area contributed by atoms with Crippen molar-refractivity contribution in [1.82, 2.24) is 0 Å². The van der Waals surface area contributed by atoms with Crippen LogP contribution < -0.4 is 0 Å². The SMILES string of the molecule is Clc1ccc(-c2ccc(-c3cc(Cl)ccc3Cl)c(Cl)c2Cl)c(Cl)c1. The van der Waals surface area contributed by atoms with Crippen molar-refractivity contribution in [3.05, 3.63) is 78.7 Å². The van der Waals surface area contributed by atoms with Gasteiger partial charge in [0.15, 0.2) is 0 Å². The van der Waals surface area contributed by atoms with E-state index in [2.05, 4.69) is 0 Å². The lowest BCUT2D eigenvalue weighted by Crippen LogP contribution is -1.87. The first-order valence-electron chi connectivity index (χ1n) is 6.77. The Morgan fingerprint density at radius 1 is 0.417 bits per heavy atom. The second-order valence-electron chi connectivity index (χ2n) is 5.04. The molecule has 0 saturated heterocycles. The minimum absolute atomic E-state index is 0.379.